The van der Waals surface area contributed by atoms with Gasteiger partial charge in [-0.25, -0.2) is 0 Å². The quantitative estimate of drug-likeness (QED) is 0.811. The third kappa shape index (κ3) is 2.25. The summed E-state index contributed by atoms with van der Waals surface area (Å²) in [6.45, 7) is 1.49. The predicted octanol–water partition coefficient (Wildman–Crippen LogP) is 0.766. The molecule has 2 aliphatic rings. The number of amides is 2. The van der Waals surface area contributed by atoms with Crippen molar-refractivity contribution in [2.45, 2.75) is 25.3 Å². The van der Waals surface area contributed by atoms with Crippen molar-refractivity contribution in [2.24, 2.45) is 13.0 Å². The summed E-state index contributed by atoms with van der Waals surface area (Å²) in [6.07, 6.45) is 4.24. The Labute approximate surface area is 112 Å². The minimum Gasteiger partial charge on any atom is -0.353 e. The summed E-state index contributed by atoms with van der Waals surface area (Å²) in [5.74, 6) is 0.668. The maximum Gasteiger partial charge on any atom is 0.270 e. The van der Waals surface area contributed by atoms with Crippen molar-refractivity contribution in [3.63, 3.8) is 0 Å². The van der Waals surface area contributed by atoms with Gasteiger partial charge in [0.15, 0.2) is 0 Å². The number of fused-ring (bicyclic) bond motifs is 1. The number of rotatable bonds is 1. The van der Waals surface area contributed by atoms with Gasteiger partial charge in [-0.05, 0) is 30.9 Å². The van der Waals surface area contributed by atoms with Crippen molar-refractivity contribution < 1.29 is 9.59 Å². The summed E-state index contributed by atoms with van der Waals surface area (Å²) in [5, 5.41) is 3.04. The van der Waals surface area contributed by atoms with Gasteiger partial charge in [0.05, 0.1) is 0 Å². The van der Waals surface area contributed by atoms with Crippen molar-refractivity contribution in [2.75, 3.05) is 13.1 Å². The highest BCUT2D eigenvalue weighted by molar-refractivity contribution is 5.92. The third-order valence-electron chi connectivity index (χ3n) is 4.27. The third-order valence-corrected chi connectivity index (χ3v) is 4.27. The van der Waals surface area contributed by atoms with E-state index in [1.807, 2.05) is 34.8 Å². The Hall–Kier alpha value is -1.78. The van der Waals surface area contributed by atoms with Crippen LogP contribution in [0.1, 0.15) is 29.8 Å². The molecule has 1 aromatic rings. The zero-order chi connectivity index (χ0) is 13.4. The minimum atomic E-state index is 0.0999. The standard InChI is InChI=1S/C14H19N3O2/c1-16-7-2-3-12(16)14(19)17-8-6-11-10(9-17)4-5-13(18)15-11/h2-3,7,10-11H,4-6,8-9H2,1H3,(H,15,18). The summed E-state index contributed by atoms with van der Waals surface area (Å²) in [5.41, 5.74) is 0.735. The Morgan fingerprint density at radius 2 is 2.26 bits per heavy atom. The molecule has 2 fully saturated rings. The van der Waals surface area contributed by atoms with Gasteiger partial charge < -0.3 is 14.8 Å². The lowest BCUT2D eigenvalue weighted by Crippen LogP contribution is -2.55. The van der Waals surface area contributed by atoms with Crippen LogP contribution < -0.4 is 5.32 Å². The van der Waals surface area contributed by atoms with Crippen molar-refractivity contribution in [3.8, 4) is 0 Å². The van der Waals surface area contributed by atoms with E-state index in [0.29, 0.717) is 12.3 Å². The Bertz CT molecular complexity index is 509. The maximum absolute atomic E-state index is 12.4. The fraction of sp³-hybridized carbons (Fsp3) is 0.571. The molecule has 1 aromatic heterocycles. The number of hydrogen-bond acceptors (Lipinski definition) is 2. The second-order valence-corrected chi connectivity index (χ2v) is 5.52. The summed E-state index contributed by atoms with van der Waals surface area (Å²) in [6, 6.07) is 4.01. The molecule has 1 N–H and O–H groups in total. The SMILES string of the molecule is Cn1cccc1C(=O)N1CCC2NC(=O)CCC2C1. The lowest BCUT2D eigenvalue weighted by molar-refractivity contribution is -0.125. The molecular weight excluding hydrogens is 242 g/mol. The topological polar surface area (TPSA) is 54.3 Å². The summed E-state index contributed by atoms with van der Waals surface area (Å²) in [7, 11) is 1.89. The molecule has 0 bridgehead atoms. The van der Waals surface area contributed by atoms with Gasteiger partial charge in [0, 0.05) is 38.8 Å². The van der Waals surface area contributed by atoms with Crippen LogP contribution in [0.2, 0.25) is 0 Å². The Morgan fingerprint density at radius 3 is 3.00 bits per heavy atom. The first-order chi connectivity index (χ1) is 9.15. The number of nitrogens with zero attached hydrogens (tertiary/aromatic N) is 2. The Balaban J connectivity index is 1.70. The summed E-state index contributed by atoms with van der Waals surface area (Å²) >= 11 is 0. The molecule has 2 aliphatic heterocycles. The van der Waals surface area contributed by atoms with Gasteiger partial charge in [0.2, 0.25) is 5.91 Å². The molecule has 0 aliphatic carbocycles. The van der Waals surface area contributed by atoms with E-state index in [-0.39, 0.29) is 17.9 Å². The van der Waals surface area contributed by atoms with Gasteiger partial charge in [-0.3, -0.25) is 9.59 Å². The minimum absolute atomic E-state index is 0.0999. The number of carbonyl (C=O) groups is 2. The van der Waals surface area contributed by atoms with Gasteiger partial charge in [0.25, 0.3) is 5.91 Å². The molecule has 3 rings (SSSR count). The van der Waals surface area contributed by atoms with Gasteiger partial charge >= 0.3 is 0 Å². The van der Waals surface area contributed by atoms with Crippen LogP contribution in [-0.2, 0) is 11.8 Å². The van der Waals surface area contributed by atoms with Gasteiger partial charge in [-0.1, -0.05) is 0 Å². The van der Waals surface area contributed by atoms with Crippen LogP contribution in [0.5, 0.6) is 0 Å². The van der Waals surface area contributed by atoms with Crippen molar-refractivity contribution in [3.05, 3.63) is 24.0 Å². The molecule has 0 aromatic carbocycles. The van der Waals surface area contributed by atoms with E-state index < -0.39 is 0 Å². The van der Waals surface area contributed by atoms with Crippen LogP contribution in [0.25, 0.3) is 0 Å². The molecule has 2 amide bonds. The summed E-state index contributed by atoms with van der Waals surface area (Å²) in [4.78, 5) is 25.7. The molecule has 3 heterocycles. The van der Waals surface area contributed by atoms with Crippen LogP contribution in [0.4, 0.5) is 0 Å². The van der Waals surface area contributed by atoms with E-state index >= 15 is 0 Å². The molecule has 0 spiro atoms. The van der Waals surface area contributed by atoms with Gasteiger partial charge in [-0.2, -0.15) is 0 Å². The van der Waals surface area contributed by atoms with Crippen molar-refractivity contribution >= 4 is 11.8 Å². The molecule has 5 heteroatoms. The number of piperidine rings is 2. The van der Waals surface area contributed by atoms with Crippen LogP contribution >= 0.6 is 0 Å². The smallest absolute Gasteiger partial charge is 0.270 e. The number of aromatic nitrogens is 1. The fourth-order valence-corrected chi connectivity index (χ4v) is 3.14. The van der Waals surface area contributed by atoms with E-state index in [4.69, 9.17) is 0 Å². The van der Waals surface area contributed by atoms with Crippen LogP contribution in [-0.4, -0.2) is 40.4 Å². The van der Waals surface area contributed by atoms with Crippen LogP contribution in [0.3, 0.4) is 0 Å². The monoisotopic (exact) mass is 261 g/mol. The molecule has 2 saturated heterocycles. The molecule has 102 valence electrons. The second-order valence-electron chi connectivity index (χ2n) is 5.52. The van der Waals surface area contributed by atoms with Gasteiger partial charge in [-0.15, -0.1) is 0 Å². The number of carbonyl (C=O) groups excluding carboxylic acids is 2. The number of aryl methyl sites for hydroxylation is 1. The van der Waals surface area contributed by atoms with E-state index in [9.17, 15) is 9.59 Å². The molecule has 2 unspecified atom stereocenters. The van der Waals surface area contributed by atoms with E-state index in [1.54, 1.807) is 0 Å². The molecule has 0 saturated carbocycles. The molecule has 0 radical (unpaired) electrons. The van der Waals surface area contributed by atoms with Crippen LogP contribution in [0, 0.1) is 5.92 Å². The number of likely N-dealkylation sites (tertiary alicyclic amines) is 1. The largest absolute Gasteiger partial charge is 0.353 e. The van der Waals surface area contributed by atoms with Crippen LogP contribution in [0.15, 0.2) is 18.3 Å². The Morgan fingerprint density at radius 1 is 1.42 bits per heavy atom. The van der Waals surface area contributed by atoms with Crippen molar-refractivity contribution in [1.82, 2.24) is 14.8 Å². The highest BCUT2D eigenvalue weighted by Crippen LogP contribution is 2.26. The maximum atomic E-state index is 12.4. The predicted molar refractivity (Wildman–Crippen MR) is 70.6 cm³/mol. The van der Waals surface area contributed by atoms with Crippen molar-refractivity contribution in [1.29, 1.82) is 0 Å². The molecule has 19 heavy (non-hydrogen) atoms. The Kier molecular flexibility index (Phi) is 3.05. The zero-order valence-electron chi connectivity index (χ0n) is 11.1. The molecule has 2 atom stereocenters. The lowest BCUT2D eigenvalue weighted by atomic mass is 9.85. The zero-order valence-corrected chi connectivity index (χ0v) is 11.1. The highest BCUT2D eigenvalue weighted by Gasteiger charge is 2.35. The second kappa shape index (κ2) is 4.72. The first-order valence-electron chi connectivity index (χ1n) is 6.85. The first-order valence-corrected chi connectivity index (χ1v) is 6.85. The number of hydrogen-bond donors (Lipinski definition) is 1. The summed E-state index contributed by atoms with van der Waals surface area (Å²) < 4.78 is 1.86. The molecular formula is C14H19N3O2. The van der Waals surface area contributed by atoms with E-state index in [2.05, 4.69) is 5.32 Å². The normalized spacial score (nSPS) is 26.8. The van der Waals surface area contributed by atoms with Gasteiger partial charge in [0.1, 0.15) is 5.69 Å². The average molecular weight is 261 g/mol. The lowest BCUT2D eigenvalue weighted by Gasteiger charge is -2.41. The average Bonchev–Trinajstić information content (AvgIpc) is 2.83. The first kappa shape index (κ1) is 12.3. The highest BCUT2D eigenvalue weighted by atomic mass is 16.2. The fourth-order valence-electron chi connectivity index (χ4n) is 3.14. The number of nitrogens with one attached hydrogen (secondary N) is 1. The van der Waals surface area contributed by atoms with E-state index in [1.165, 1.54) is 0 Å². The molecule has 5 nitrogen and oxygen atoms in total. The van der Waals surface area contributed by atoms with E-state index in [0.717, 1.165) is 31.6 Å².